The number of rotatable bonds is 0. The third-order valence-electron chi connectivity index (χ3n) is 0.355. The van der Waals surface area contributed by atoms with Crippen molar-refractivity contribution in [2.45, 2.75) is 0 Å². The topological polar surface area (TPSA) is 130 Å². The highest BCUT2D eigenvalue weighted by molar-refractivity contribution is 5.90. The Labute approximate surface area is 50.0 Å². The molecule has 0 atom stereocenters. The molecular weight excluding hydrogens is 124 g/mol. The van der Waals surface area contributed by atoms with Crippen molar-refractivity contribution in [3.05, 3.63) is 10.4 Å². The molecule has 0 fully saturated rings. The zero-order valence-corrected chi connectivity index (χ0v) is 4.35. The maximum Gasteiger partial charge on any atom is 0.336 e. The SMILES string of the molecule is [N-]=[N+]=NC(=O)N=C(N)N. The number of nitrogens with two attached hydrogens (primary N) is 2. The summed E-state index contributed by atoms with van der Waals surface area (Å²) in [6.45, 7) is 0. The number of urea groups is 1. The second-order valence-electron chi connectivity index (χ2n) is 1.01. The molecule has 0 aromatic heterocycles. The number of nitrogens with zero attached hydrogens (tertiary/aromatic N) is 4. The van der Waals surface area contributed by atoms with Gasteiger partial charge in [-0.1, -0.05) is 0 Å². The van der Waals surface area contributed by atoms with Gasteiger partial charge in [-0.3, -0.25) is 4.79 Å². The molecule has 0 heterocycles. The summed E-state index contributed by atoms with van der Waals surface area (Å²) in [4.78, 5) is 15.1. The summed E-state index contributed by atoms with van der Waals surface area (Å²) in [7, 11) is 0. The van der Waals surface area contributed by atoms with E-state index in [0.29, 0.717) is 0 Å². The van der Waals surface area contributed by atoms with Gasteiger partial charge >= 0.3 is 6.03 Å². The van der Waals surface area contributed by atoms with Gasteiger partial charge in [-0.25, -0.2) is 0 Å². The van der Waals surface area contributed by atoms with Crippen LogP contribution >= 0.6 is 0 Å². The Balaban J connectivity index is 4.08. The highest BCUT2D eigenvalue weighted by Gasteiger charge is 1.90. The van der Waals surface area contributed by atoms with E-state index in [1.165, 1.54) is 0 Å². The summed E-state index contributed by atoms with van der Waals surface area (Å²) in [5.41, 5.74) is 17.1. The summed E-state index contributed by atoms with van der Waals surface area (Å²) in [5.74, 6) is -0.424. The van der Waals surface area contributed by atoms with Gasteiger partial charge in [0.05, 0.1) is 0 Å². The molecule has 0 bridgehead atoms. The second kappa shape index (κ2) is 3.28. The molecule has 0 saturated heterocycles. The van der Waals surface area contributed by atoms with Crippen LogP contribution in [0.3, 0.4) is 0 Å². The summed E-state index contributed by atoms with van der Waals surface area (Å²) in [6, 6.07) is -1.04. The highest BCUT2D eigenvalue weighted by Crippen LogP contribution is 1.78. The first-order valence-corrected chi connectivity index (χ1v) is 1.85. The van der Waals surface area contributed by atoms with Crippen molar-refractivity contribution in [1.29, 1.82) is 0 Å². The third-order valence-corrected chi connectivity index (χ3v) is 0.355. The maximum absolute atomic E-state index is 10.1. The molecule has 48 valence electrons. The van der Waals surface area contributed by atoms with Gasteiger partial charge in [-0.05, 0) is 5.53 Å². The number of amides is 2. The Hall–Kier alpha value is -1.75. The monoisotopic (exact) mass is 128 g/mol. The Morgan fingerprint density at radius 1 is 1.56 bits per heavy atom. The van der Waals surface area contributed by atoms with Crippen LogP contribution in [0.4, 0.5) is 4.79 Å². The summed E-state index contributed by atoms with van der Waals surface area (Å²) in [5, 5.41) is 2.56. The fourth-order valence-corrected chi connectivity index (χ4v) is 0.171. The van der Waals surface area contributed by atoms with Crippen LogP contribution in [0.15, 0.2) is 10.1 Å². The van der Waals surface area contributed by atoms with E-state index in [4.69, 9.17) is 17.0 Å². The van der Waals surface area contributed by atoms with Crippen LogP contribution in [-0.4, -0.2) is 12.0 Å². The van der Waals surface area contributed by atoms with Crippen molar-refractivity contribution in [1.82, 2.24) is 0 Å². The average Bonchev–Trinajstić information content (AvgIpc) is 1.63. The quantitative estimate of drug-likeness (QED) is 0.152. The van der Waals surface area contributed by atoms with Crippen LogP contribution < -0.4 is 11.5 Å². The highest BCUT2D eigenvalue weighted by atomic mass is 16.2. The molecule has 4 N–H and O–H groups in total. The summed E-state index contributed by atoms with van der Waals surface area (Å²) in [6.07, 6.45) is 0. The average molecular weight is 128 g/mol. The molecule has 7 nitrogen and oxygen atoms in total. The van der Waals surface area contributed by atoms with Gasteiger partial charge < -0.3 is 11.5 Å². The lowest BCUT2D eigenvalue weighted by Crippen LogP contribution is -2.23. The molecule has 0 saturated carbocycles. The van der Waals surface area contributed by atoms with Crippen molar-refractivity contribution in [2.75, 3.05) is 0 Å². The molecule has 0 unspecified atom stereocenters. The molecule has 0 aliphatic carbocycles. The van der Waals surface area contributed by atoms with Gasteiger partial charge in [-0.15, -0.1) is 0 Å². The van der Waals surface area contributed by atoms with Crippen molar-refractivity contribution in [3.63, 3.8) is 0 Å². The number of guanidine groups is 1. The molecule has 0 spiro atoms. The number of carbonyl (C=O) groups is 1. The number of carbonyl (C=O) groups excluding carboxylic acids is 1. The van der Waals surface area contributed by atoms with Crippen LogP contribution in [-0.2, 0) is 0 Å². The predicted octanol–water partition coefficient (Wildman–Crippen LogP) is -0.310. The minimum absolute atomic E-state index is 0.424. The van der Waals surface area contributed by atoms with Crippen LogP contribution in [0.5, 0.6) is 0 Å². The van der Waals surface area contributed by atoms with Crippen LogP contribution in [0.1, 0.15) is 0 Å². The van der Waals surface area contributed by atoms with E-state index < -0.39 is 12.0 Å². The number of hydrogen-bond donors (Lipinski definition) is 2. The van der Waals surface area contributed by atoms with E-state index in [1.807, 2.05) is 0 Å². The lowest BCUT2D eigenvalue weighted by Gasteiger charge is -1.82. The number of azide groups is 1. The van der Waals surface area contributed by atoms with Crippen LogP contribution in [0, 0.1) is 0 Å². The summed E-state index contributed by atoms with van der Waals surface area (Å²) >= 11 is 0. The smallest absolute Gasteiger partial charge is 0.336 e. The fourth-order valence-electron chi connectivity index (χ4n) is 0.171. The van der Waals surface area contributed by atoms with Crippen LogP contribution in [0.2, 0.25) is 0 Å². The fraction of sp³-hybridized carbons (Fsp3) is 0. The summed E-state index contributed by atoms with van der Waals surface area (Å²) < 4.78 is 0. The van der Waals surface area contributed by atoms with Gasteiger partial charge in [0, 0.05) is 10.0 Å². The lowest BCUT2D eigenvalue weighted by atomic mass is 11.0. The standard InChI is InChI=1S/C2H4N6O/c3-1(4)6-2(9)7-8-5/h(H4,3,4,6,9). The molecule has 7 heteroatoms. The van der Waals surface area contributed by atoms with Gasteiger partial charge in [-0.2, -0.15) is 4.99 Å². The molecule has 2 amide bonds. The van der Waals surface area contributed by atoms with Crippen LogP contribution in [0.25, 0.3) is 10.4 Å². The first-order valence-electron chi connectivity index (χ1n) is 1.85. The van der Waals surface area contributed by atoms with E-state index in [1.54, 1.807) is 0 Å². The van der Waals surface area contributed by atoms with Crippen molar-refractivity contribution < 1.29 is 4.79 Å². The Morgan fingerprint density at radius 3 is 2.44 bits per heavy atom. The third kappa shape index (κ3) is 4.10. The zero-order valence-electron chi connectivity index (χ0n) is 4.35. The minimum Gasteiger partial charge on any atom is -0.370 e. The molecule has 0 aliphatic rings. The largest absolute Gasteiger partial charge is 0.370 e. The van der Waals surface area contributed by atoms with Crippen molar-refractivity contribution in [2.24, 2.45) is 21.6 Å². The number of hydrogen-bond acceptors (Lipinski definition) is 1. The van der Waals surface area contributed by atoms with Crippen molar-refractivity contribution >= 4 is 12.0 Å². The second-order valence-corrected chi connectivity index (χ2v) is 1.01. The Morgan fingerprint density at radius 2 is 2.11 bits per heavy atom. The van der Waals surface area contributed by atoms with Gasteiger partial charge in [0.2, 0.25) is 0 Å². The Kier molecular flexibility index (Phi) is 2.64. The van der Waals surface area contributed by atoms with Gasteiger partial charge in [0.1, 0.15) is 0 Å². The molecule has 0 radical (unpaired) electrons. The molecular formula is C2H4N6O. The normalized spacial score (nSPS) is 7.11. The minimum atomic E-state index is -1.04. The number of aliphatic imine (C=N–C) groups is 1. The molecule has 0 rings (SSSR count). The molecule has 0 aromatic carbocycles. The van der Waals surface area contributed by atoms with Crippen molar-refractivity contribution in [3.8, 4) is 0 Å². The zero-order chi connectivity index (χ0) is 7.28. The van der Waals surface area contributed by atoms with E-state index in [9.17, 15) is 4.79 Å². The van der Waals surface area contributed by atoms with E-state index in [0.717, 1.165) is 0 Å². The maximum atomic E-state index is 10.1. The van der Waals surface area contributed by atoms with E-state index >= 15 is 0 Å². The van der Waals surface area contributed by atoms with E-state index in [2.05, 4.69) is 15.0 Å². The molecule has 9 heavy (non-hydrogen) atoms. The predicted molar refractivity (Wildman–Crippen MR) is 30.4 cm³/mol. The van der Waals surface area contributed by atoms with Gasteiger partial charge in [0.15, 0.2) is 5.96 Å². The van der Waals surface area contributed by atoms with Gasteiger partial charge in [0.25, 0.3) is 0 Å². The first kappa shape index (κ1) is 7.25. The van der Waals surface area contributed by atoms with E-state index in [-0.39, 0.29) is 0 Å². The molecule has 0 aliphatic heterocycles. The molecule has 0 aromatic rings. The lowest BCUT2D eigenvalue weighted by molar-refractivity contribution is 0.256. The Bertz CT molecular complexity index is 183. The first-order chi connectivity index (χ1) is 4.16.